The fourth-order valence-electron chi connectivity index (χ4n) is 5.41. The molecule has 0 radical (unpaired) electrons. The Morgan fingerprint density at radius 3 is 1.60 bits per heavy atom. The lowest BCUT2D eigenvalue weighted by molar-refractivity contribution is -0.123. The average Bonchev–Trinajstić information content (AvgIpc) is 3.02. The first-order valence-electron chi connectivity index (χ1n) is 14.8. The molecule has 0 saturated heterocycles. The molecule has 4 rings (SSSR count). The molecule has 0 saturated carbocycles. The van der Waals surface area contributed by atoms with Crippen molar-refractivity contribution in [2.75, 3.05) is 6.61 Å². The van der Waals surface area contributed by atoms with E-state index < -0.39 is 11.6 Å². The molecule has 0 spiro atoms. The Bertz CT molecular complexity index is 1150. The molecule has 0 heterocycles. The van der Waals surface area contributed by atoms with Crippen molar-refractivity contribution in [2.45, 2.75) is 70.1 Å². The van der Waals surface area contributed by atoms with Crippen LogP contribution >= 0.6 is 0 Å². The van der Waals surface area contributed by atoms with Crippen LogP contribution < -0.4 is 5.32 Å². The molecule has 208 valence electrons. The molecule has 0 fully saturated rings. The van der Waals surface area contributed by atoms with E-state index in [0.717, 1.165) is 35.1 Å². The summed E-state index contributed by atoms with van der Waals surface area (Å²) in [6.45, 7) is 3.00. The summed E-state index contributed by atoms with van der Waals surface area (Å²) in [6, 6.07) is 41.1. The number of hydrogen-bond donors (Lipinski definition) is 1. The number of rotatable bonds is 17. The van der Waals surface area contributed by atoms with Gasteiger partial charge in [-0.3, -0.25) is 10.1 Å². The lowest BCUT2D eigenvalue weighted by Gasteiger charge is -2.40. The number of carbonyl (C=O) groups is 1. The minimum absolute atomic E-state index is 0.204. The van der Waals surface area contributed by atoms with E-state index in [0.29, 0.717) is 19.6 Å². The predicted molar refractivity (Wildman–Crippen MR) is 165 cm³/mol. The minimum Gasteiger partial charge on any atom is -0.375 e. The summed E-state index contributed by atoms with van der Waals surface area (Å²) in [6.07, 6.45) is 7.46. The second-order valence-electron chi connectivity index (χ2n) is 10.5. The smallest absolute Gasteiger partial charge is 0.152 e. The highest BCUT2D eigenvalue weighted by Gasteiger charge is 2.39. The third-order valence-corrected chi connectivity index (χ3v) is 7.57. The first-order chi connectivity index (χ1) is 19.7. The number of carbonyl (C=O) groups excluding carboxylic acids is 1. The van der Waals surface area contributed by atoms with Crippen LogP contribution in [-0.2, 0) is 21.7 Å². The van der Waals surface area contributed by atoms with Crippen molar-refractivity contribution < 1.29 is 9.53 Å². The fraction of sp³-hybridized carbons (Fsp3) is 0.324. The molecule has 0 unspecified atom stereocenters. The number of ether oxygens (including phenoxy) is 1. The molecule has 0 aliphatic carbocycles. The zero-order chi connectivity index (χ0) is 27.9. The van der Waals surface area contributed by atoms with Crippen LogP contribution in [0.3, 0.4) is 0 Å². The molecule has 4 aromatic carbocycles. The maximum absolute atomic E-state index is 13.9. The van der Waals surface area contributed by atoms with Gasteiger partial charge in [0.1, 0.15) is 0 Å². The third-order valence-electron chi connectivity index (χ3n) is 7.57. The van der Waals surface area contributed by atoms with Gasteiger partial charge in [0, 0.05) is 6.42 Å². The number of unbranched alkanes of at least 4 members (excludes halogenated alkanes) is 5. The van der Waals surface area contributed by atoms with Gasteiger partial charge >= 0.3 is 0 Å². The number of ketones is 1. The topological polar surface area (TPSA) is 38.3 Å². The van der Waals surface area contributed by atoms with Crippen LogP contribution in [0.2, 0.25) is 0 Å². The minimum atomic E-state index is -0.721. The van der Waals surface area contributed by atoms with Crippen LogP contribution in [-0.4, -0.2) is 18.4 Å². The maximum Gasteiger partial charge on any atom is 0.152 e. The van der Waals surface area contributed by atoms with Crippen LogP contribution in [0.15, 0.2) is 121 Å². The highest BCUT2D eigenvalue weighted by Crippen LogP contribution is 2.37. The summed E-state index contributed by atoms with van der Waals surface area (Å²) >= 11 is 0. The van der Waals surface area contributed by atoms with E-state index in [1.807, 2.05) is 36.4 Å². The Labute approximate surface area is 240 Å². The van der Waals surface area contributed by atoms with E-state index >= 15 is 0 Å². The van der Waals surface area contributed by atoms with Gasteiger partial charge in [0.25, 0.3) is 0 Å². The molecule has 0 aromatic heterocycles. The normalized spacial score (nSPS) is 12.2. The second-order valence-corrected chi connectivity index (χ2v) is 10.5. The van der Waals surface area contributed by atoms with Crippen LogP contribution in [0.1, 0.15) is 74.1 Å². The predicted octanol–water partition coefficient (Wildman–Crippen LogP) is 8.47. The Morgan fingerprint density at radius 2 is 1.10 bits per heavy atom. The van der Waals surface area contributed by atoms with Crippen LogP contribution in [0, 0.1) is 0 Å². The molecule has 0 bridgehead atoms. The quantitative estimate of drug-likeness (QED) is 0.109. The van der Waals surface area contributed by atoms with E-state index in [9.17, 15) is 4.79 Å². The van der Waals surface area contributed by atoms with Gasteiger partial charge in [0.15, 0.2) is 5.78 Å². The summed E-state index contributed by atoms with van der Waals surface area (Å²) in [5, 5.41) is 3.89. The summed E-state index contributed by atoms with van der Waals surface area (Å²) in [4.78, 5) is 13.9. The third kappa shape index (κ3) is 8.00. The molecule has 40 heavy (non-hydrogen) atoms. The molecule has 0 aliphatic rings. The standard InChI is InChI=1S/C37H43NO2/c1-2-3-4-5-6-19-28-36(39)35(30-40-29-31-20-11-7-12-21-31)38-37(32-22-13-8-14-23-32,33-24-15-9-16-25-33)34-26-17-10-18-27-34/h7-18,20-27,35,38H,2-6,19,28-30H2,1H3/t35-/m0/s1. The van der Waals surface area contributed by atoms with Crippen molar-refractivity contribution in [3.05, 3.63) is 144 Å². The van der Waals surface area contributed by atoms with E-state index in [2.05, 4.69) is 97.2 Å². The van der Waals surface area contributed by atoms with E-state index in [-0.39, 0.29) is 5.78 Å². The first kappa shape index (κ1) is 29.5. The molecule has 3 nitrogen and oxygen atoms in total. The second kappa shape index (κ2) is 15.9. The number of Topliss-reactive ketones (excluding diaryl/α,β-unsaturated/α-hetero) is 1. The van der Waals surface area contributed by atoms with Gasteiger partial charge in [0.2, 0.25) is 0 Å². The number of benzene rings is 4. The Hall–Kier alpha value is -3.53. The summed E-state index contributed by atoms with van der Waals surface area (Å²) in [5.41, 5.74) is 3.65. The summed E-state index contributed by atoms with van der Waals surface area (Å²) in [5.74, 6) is 0.204. The van der Waals surface area contributed by atoms with Gasteiger partial charge in [-0.2, -0.15) is 0 Å². The fourth-order valence-corrected chi connectivity index (χ4v) is 5.41. The molecule has 4 aromatic rings. The monoisotopic (exact) mass is 533 g/mol. The Kier molecular flexibility index (Phi) is 11.7. The number of hydrogen-bond acceptors (Lipinski definition) is 3. The van der Waals surface area contributed by atoms with Gasteiger partial charge in [0.05, 0.1) is 24.8 Å². The first-order valence-corrected chi connectivity index (χ1v) is 14.8. The van der Waals surface area contributed by atoms with Crippen LogP contribution in [0.25, 0.3) is 0 Å². The van der Waals surface area contributed by atoms with Gasteiger partial charge in [-0.1, -0.05) is 160 Å². The highest BCUT2D eigenvalue weighted by atomic mass is 16.5. The maximum atomic E-state index is 13.9. The van der Waals surface area contributed by atoms with E-state index in [4.69, 9.17) is 4.74 Å². The summed E-state index contributed by atoms with van der Waals surface area (Å²) in [7, 11) is 0. The van der Waals surface area contributed by atoms with Gasteiger partial charge in [-0.25, -0.2) is 0 Å². The van der Waals surface area contributed by atoms with Crippen molar-refractivity contribution >= 4 is 5.78 Å². The van der Waals surface area contributed by atoms with Crippen molar-refractivity contribution in [1.82, 2.24) is 5.32 Å². The SMILES string of the molecule is CCCCCCCCC(=O)[C@H](COCc1ccccc1)NC(c1ccccc1)(c1ccccc1)c1ccccc1. The van der Waals surface area contributed by atoms with Crippen molar-refractivity contribution in [2.24, 2.45) is 0 Å². The average molecular weight is 534 g/mol. The van der Waals surface area contributed by atoms with Crippen LogP contribution in [0.4, 0.5) is 0 Å². The molecular formula is C37H43NO2. The highest BCUT2D eigenvalue weighted by molar-refractivity contribution is 5.84. The summed E-state index contributed by atoms with van der Waals surface area (Å²) < 4.78 is 6.23. The molecule has 1 N–H and O–H groups in total. The van der Waals surface area contributed by atoms with Gasteiger partial charge in [-0.05, 0) is 28.7 Å². The van der Waals surface area contributed by atoms with E-state index in [1.54, 1.807) is 0 Å². The number of nitrogens with one attached hydrogen (secondary N) is 1. The molecule has 0 amide bonds. The lowest BCUT2D eigenvalue weighted by atomic mass is 9.76. The van der Waals surface area contributed by atoms with Crippen molar-refractivity contribution in [3.63, 3.8) is 0 Å². The zero-order valence-corrected chi connectivity index (χ0v) is 23.8. The van der Waals surface area contributed by atoms with Gasteiger partial charge < -0.3 is 4.74 Å². The molecule has 1 atom stereocenters. The van der Waals surface area contributed by atoms with Gasteiger partial charge in [-0.15, -0.1) is 0 Å². The molecular weight excluding hydrogens is 490 g/mol. The van der Waals surface area contributed by atoms with E-state index in [1.165, 1.54) is 25.7 Å². The lowest BCUT2D eigenvalue weighted by Crippen LogP contribution is -2.54. The zero-order valence-electron chi connectivity index (χ0n) is 23.8. The molecule has 0 aliphatic heterocycles. The van der Waals surface area contributed by atoms with Crippen molar-refractivity contribution in [3.8, 4) is 0 Å². The van der Waals surface area contributed by atoms with Crippen molar-refractivity contribution in [1.29, 1.82) is 0 Å². The Balaban J connectivity index is 1.66. The van der Waals surface area contributed by atoms with Crippen LogP contribution in [0.5, 0.6) is 0 Å². The Morgan fingerprint density at radius 1 is 0.650 bits per heavy atom. The largest absolute Gasteiger partial charge is 0.375 e. The molecule has 3 heteroatoms.